The molecule has 30 heavy (non-hydrogen) atoms. The van der Waals surface area contributed by atoms with Crippen LogP contribution in [-0.4, -0.2) is 32.4 Å². The fraction of sp³-hybridized carbons (Fsp3) is 0.435. The Morgan fingerprint density at radius 1 is 1.07 bits per heavy atom. The number of nitrogens with zero attached hydrogens (tertiary/aromatic N) is 4. The van der Waals surface area contributed by atoms with E-state index in [0.29, 0.717) is 12.4 Å². The van der Waals surface area contributed by atoms with Gasteiger partial charge in [-0.3, -0.25) is 4.68 Å². The average molecular weight is 409 g/mol. The Balaban J connectivity index is 1.74. The Bertz CT molecular complexity index is 1010. The first-order valence-corrected chi connectivity index (χ1v) is 10.2. The highest BCUT2D eigenvalue weighted by Gasteiger charge is 2.20. The molecule has 0 saturated heterocycles. The molecule has 0 aliphatic rings. The number of hydrogen-bond acceptors (Lipinski definition) is 6. The summed E-state index contributed by atoms with van der Waals surface area (Å²) in [5.41, 5.74) is 10.9. The van der Waals surface area contributed by atoms with Crippen molar-refractivity contribution < 1.29 is 4.74 Å². The van der Waals surface area contributed by atoms with Crippen molar-refractivity contribution in [1.82, 2.24) is 19.7 Å². The van der Waals surface area contributed by atoms with Gasteiger partial charge in [0.1, 0.15) is 18.2 Å². The maximum absolute atomic E-state index is 5.99. The fourth-order valence-electron chi connectivity index (χ4n) is 3.28. The second kappa shape index (κ2) is 8.34. The van der Waals surface area contributed by atoms with Gasteiger partial charge in [-0.05, 0) is 50.1 Å². The minimum Gasteiger partial charge on any atom is -0.491 e. The second-order valence-corrected chi connectivity index (χ2v) is 8.96. The molecule has 3 N–H and O–H groups in total. The lowest BCUT2D eigenvalue weighted by molar-refractivity contribution is 0.303. The fourth-order valence-corrected chi connectivity index (χ4v) is 3.28. The molecule has 0 amide bonds. The predicted octanol–water partition coefficient (Wildman–Crippen LogP) is 4.25. The van der Waals surface area contributed by atoms with E-state index in [-0.39, 0.29) is 17.4 Å². The molecule has 160 valence electrons. The van der Waals surface area contributed by atoms with E-state index in [1.165, 1.54) is 11.1 Å². The number of nitrogens with two attached hydrogens (primary N) is 1. The number of aryl methyl sites for hydroxylation is 3. The maximum atomic E-state index is 5.99. The summed E-state index contributed by atoms with van der Waals surface area (Å²) in [6.07, 6.45) is 0. The summed E-state index contributed by atoms with van der Waals surface area (Å²) >= 11 is 0. The van der Waals surface area contributed by atoms with Gasteiger partial charge >= 0.3 is 0 Å². The molecular formula is C23H32N6O. The molecule has 3 rings (SSSR count). The standard InChI is InChI=1S/C23H32N6O/c1-14-8-15(2)10-17(9-14)30-13-16(3)25-21-11-18(26-22(24)27-21)19-12-20(23(4,5)6)28-29(19)7/h8-12,16H,13H2,1-7H3,(H3,24,25,26,27). The van der Waals surface area contributed by atoms with Gasteiger partial charge in [-0.15, -0.1) is 0 Å². The van der Waals surface area contributed by atoms with Crippen molar-refractivity contribution in [2.24, 2.45) is 7.05 Å². The lowest BCUT2D eigenvalue weighted by atomic mass is 9.92. The van der Waals surface area contributed by atoms with E-state index in [1.807, 2.05) is 36.9 Å². The first-order valence-electron chi connectivity index (χ1n) is 10.2. The highest BCUT2D eigenvalue weighted by atomic mass is 16.5. The first kappa shape index (κ1) is 21.6. The summed E-state index contributed by atoms with van der Waals surface area (Å²) in [6, 6.07) is 10.2. The van der Waals surface area contributed by atoms with Crippen LogP contribution in [0.3, 0.4) is 0 Å². The molecule has 0 aliphatic heterocycles. The van der Waals surface area contributed by atoms with Gasteiger partial charge in [-0.25, -0.2) is 4.98 Å². The smallest absolute Gasteiger partial charge is 0.222 e. The van der Waals surface area contributed by atoms with E-state index in [2.05, 4.69) is 67.1 Å². The topological polar surface area (TPSA) is 90.9 Å². The van der Waals surface area contributed by atoms with Crippen molar-refractivity contribution in [3.05, 3.63) is 47.2 Å². The summed E-state index contributed by atoms with van der Waals surface area (Å²) in [4.78, 5) is 8.75. The summed E-state index contributed by atoms with van der Waals surface area (Å²) in [7, 11) is 1.91. The molecule has 7 heteroatoms. The molecule has 2 heterocycles. The molecule has 0 saturated carbocycles. The molecule has 1 atom stereocenters. The molecule has 0 fully saturated rings. The van der Waals surface area contributed by atoms with Gasteiger partial charge in [0.2, 0.25) is 5.95 Å². The Hall–Kier alpha value is -3.09. The molecule has 1 aromatic carbocycles. The number of anilines is 2. The van der Waals surface area contributed by atoms with Gasteiger partial charge in [0.15, 0.2) is 0 Å². The highest BCUT2D eigenvalue weighted by Crippen LogP contribution is 2.27. The van der Waals surface area contributed by atoms with Crippen molar-refractivity contribution in [2.45, 2.75) is 53.0 Å². The average Bonchev–Trinajstić information content (AvgIpc) is 3.01. The monoisotopic (exact) mass is 408 g/mol. The zero-order chi connectivity index (χ0) is 22.1. The van der Waals surface area contributed by atoms with Crippen LogP contribution in [0.1, 0.15) is 44.5 Å². The number of hydrogen-bond donors (Lipinski definition) is 2. The Morgan fingerprint density at radius 2 is 1.73 bits per heavy atom. The SMILES string of the molecule is Cc1cc(C)cc(OCC(C)Nc2cc(-c3cc(C(C)(C)C)nn3C)nc(N)n2)c1. The maximum Gasteiger partial charge on any atom is 0.222 e. The number of rotatable bonds is 6. The lowest BCUT2D eigenvalue weighted by Gasteiger charge is -2.17. The van der Waals surface area contributed by atoms with Crippen molar-refractivity contribution >= 4 is 11.8 Å². The number of nitrogens with one attached hydrogen (secondary N) is 1. The summed E-state index contributed by atoms with van der Waals surface area (Å²) in [5.74, 6) is 1.75. The number of aromatic nitrogens is 4. The van der Waals surface area contributed by atoms with Crippen LogP contribution in [0.25, 0.3) is 11.4 Å². The quantitative estimate of drug-likeness (QED) is 0.633. The van der Waals surface area contributed by atoms with Crippen molar-refractivity contribution in [2.75, 3.05) is 17.7 Å². The Morgan fingerprint density at radius 3 is 2.33 bits per heavy atom. The zero-order valence-electron chi connectivity index (χ0n) is 18.9. The van der Waals surface area contributed by atoms with Crippen LogP contribution in [-0.2, 0) is 12.5 Å². The van der Waals surface area contributed by atoms with Gasteiger partial charge < -0.3 is 15.8 Å². The second-order valence-electron chi connectivity index (χ2n) is 8.96. The van der Waals surface area contributed by atoms with Gasteiger partial charge in [0.05, 0.1) is 23.1 Å². The van der Waals surface area contributed by atoms with E-state index < -0.39 is 0 Å². The molecule has 1 unspecified atom stereocenters. The molecular weight excluding hydrogens is 376 g/mol. The molecule has 0 spiro atoms. The number of nitrogen functional groups attached to an aromatic ring is 1. The van der Waals surface area contributed by atoms with Gasteiger partial charge in [0, 0.05) is 18.5 Å². The first-order chi connectivity index (χ1) is 14.0. The Labute approximate surface area is 178 Å². The van der Waals surface area contributed by atoms with Gasteiger partial charge in [-0.1, -0.05) is 26.8 Å². The molecule has 0 radical (unpaired) electrons. The predicted molar refractivity (Wildman–Crippen MR) is 122 cm³/mol. The summed E-state index contributed by atoms with van der Waals surface area (Å²) < 4.78 is 7.79. The van der Waals surface area contributed by atoms with Crippen LogP contribution < -0.4 is 15.8 Å². The molecule has 0 bridgehead atoms. The highest BCUT2D eigenvalue weighted by molar-refractivity contribution is 5.61. The molecule has 2 aromatic heterocycles. The molecule has 3 aromatic rings. The van der Waals surface area contributed by atoms with E-state index in [9.17, 15) is 0 Å². The van der Waals surface area contributed by atoms with E-state index >= 15 is 0 Å². The van der Waals surface area contributed by atoms with Crippen molar-refractivity contribution in [1.29, 1.82) is 0 Å². The third kappa shape index (κ3) is 5.28. The van der Waals surface area contributed by atoms with E-state index in [1.54, 1.807) is 0 Å². The number of benzene rings is 1. The third-order valence-electron chi connectivity index (χ3n) is 4.74. The Kier molecular flexibility index (Phi) is 6.01. The van der Waals surface area contributed by atoms with Crippen LogP contribution in [0.5, 0.6) is 5.75 Å². The molecule has 0 aliphatic carbocycles. The van der Waals surface area contributed by atoms with E-state index in [4.69, 9.17) is 10.5 Å². The summed E-state index contributed by atoms with van der Waals surface area (Å²) in [5, 5.41) is 7.99. The number of ether oxygens (including phenoxy) is 1. The van der Waals surface area contributed by atoms with Crippen LogP contribution in [0, 0.1) is 13.8 Å². The van der Waals surface area contributed by atoms with Crippen molar-refractivity contribution in [3.63, 3.8) is 0 Å². The summed E-state index contributed by atoms with van der Waals surface area (Å²) in [6.45, 7) is 13.1. The van der Waals surface area contributed by atoms with Crippen LogP contribution in [0.15, 0.2) is 30.3 Å². The minimum absolute atomic E-state index is 0.0321. The lowest BCUT2D eigenvalue weighted by Crippen LogP contribution is -2.24. The van der Waals surface area contributed by atoms with Crippen LogP contribution in [0.2, 0.25) is 0 Å². The van der Waals surface area contributed by atoms with E-state index in [0.717, 1.165) is 22.8 Å². The van der Waals surface area contributed by atoms with Crippen LogP contribution >= 0.6 is 0 Å². The van der Waals surface area contributed by atoms with Crippen molar-refractivity contribution in [3.8, 4) is 17.1 Å². The largest absolute Gasteiger partial charge is 0.491 e. The van der Waals surface area contributed by atoms with Gasteiger partial charge in [-0.2, -0.15) is 10.1 Å². The third-order valence-corrected chi connectivity index (χ3v) is 4.74. The minimum atomic E-state index is -0.0460. The van der Waals surface area contributed by atoms with Crippen LogP contribution in [0.4, 0.5) is 11.8 Å². The van der Waals surface area contributed by atoms with Gasteiger partial charge in [0.25, 0.3) is 0 Å². The zero-order valence-corrected chi connectivity index (χ0v) is 18.9. The molecule has 7 nitrogen and oxygen atoms in total. The normalized spacial score (nSPS) is 12.6.